The molecule has 0 aliphatic heterocycles. The molecule has 1 amide bonds. The molecule has 142 valence electrons. The van der Waals surface area contributed by atoms with Crippen LogP contribution in [-0.4, -0.2) is 10.2 Å². The summed E-state index contributed by atoms with van der Waals surface area (Å²) >= 11 is 4.04. The van der Waals surface area contributed by atoms with Crippen molar-refractivity contribution in [1.82, 2.24) is 0 Å². The Labute approximate surface area is 166 Å². The number of carbonyl (C=O) groups excluding carboxylic acids is 1. The van der Waals surface area contributed by atoms with Crippen molar-refractivity contribution >= 4 is 27.5 Å². The van der Waals surface area contributed by atoms with Crippen LogP contribution in [0.25, 0.3) is 0 Å². The highest BCUT2D eigenvalue weighted by Gasteiger charge is 2.59. The van der Waals surface area contributed by atoms with Gasteiger partial charge in [-0.05, 0) is 73.3 Å². The largest absolute Gasteiger partial charge is 0.325 e. The maximum absolute atomic E-state index is 13.6. The van der Waals surface area contributed by atoms with Crippen molar-refractivity contribution in [3.8, 4) is 0 Å². The summed E-state index contributed by atoms with van der Waals surface area (Å²) in [5.74, 6) is 2.55. The molecule has 0 saturated heterocycles. The molecule has 4 fully saturated rings. The highest BCUT2D eigenvalue weighted by atomic mass is 79.9. The lowest BCUT2D eigenvalue weighted by molar-refractivity contribution is -0.138. The normalized spacial score (nSPS) is 35.3. The van der Waals surface area contributed by atoms with E-state index in [1.165, 1.54) is 30.4 Å². The fourth-order valence-corrected chi connectivity index (χ4v) is 7.81. The van der Waals surface area contributed by atoms with Gasteiger partial charge in [-0.25, -0.2) is 0 Å². The van der Waals surface area contributed by atoms with Crippen LogP contribution in [0.1, 0.15) is 89.2 Å². The number of hydrogen-bond acceptors (Lipinski definition) is 1. The lowest BCUT2D eigenvalue weighted by Gasteiger charge is -2.59. The number of nitrogens with one attached hydrogen (secondary N) is 1. The Kier molecular flexibility index (Phi) is 4.53. The van der Waals surface area contributed by atoms with Crippen molar-refractivity contribution < 1.29 is 4.79 Å². The van der Waals surface area contributed by atoms with Crippen molar-refractivity contribution in [1.29, 1.82) is 0 Å². The maximum atomic E-state index is 13.6. The first-order chi connectivity index (χ1) is 12.2. The van der Waals surface area contributed by atoms with E-state index in [1.807, 2.05) is 0 Å². The van der Waals surface area contributed by atoms with E-state index < -0.39 is 0 Å². The minimum atomic E-state index is -0.161. The third-order valence-electron chi connectivity index (χ3n) is 7.08. The Bertz CT molecular complexity index is 683. The zero-order valence-corrected chi connectivity index (χ0v) is 18.2. The first-order valence-electron chi connectivity index (χ1n) is 10.3. The Morgan fingerprint density at radius 1 is 1.04 bits per heavy atom. The summed E-state index contributed by atoms with van der Waals surface area (Å²) in [5, 5.41) is 3.46. The van der Waals surface area contributed by atoms with Crippen molar-refractivity contribution in [2.24, 2.45) is 17.3 Å². The molecule has 2 unspecified atom stereocenters. The van der Waals surface area contributed by atoms with Crippen molar-refractivity contribution in [2.75, 3.05) is 5.32 Å². The van der Waals surface area contributed by atoms with Gasteiger partial charge in [0.1, 0.15) is 0 Å². The second-order valence-corrected chi connectivity index (χ2v) is 11.6. The fraction of sp³-hybridized carbons (Fsp3) is 0.696. The smallest absolute Gasteiger partial charge is 0.230 e. The predicted molar refractivity (Wildman–Crippen MR) is 112 cm³/mol. The molecule has 5 rings (SSSR count). The summed E-state index contributed by atoms with van der Waals surface area (Å²) in [4.78, 5) is 13.6. The van der Waals surface area contributed by atoms with Crippen LogP contribution < -0.4 is 5.32 Å². The van der Waals surface area contributed by atoms with E-state index in [0.29, 0.717) is 11.8 Å². The molecule has 1 aromatic rings. The van der Waals surface area contributed by atoms with Gasteiger partial charge in [-0.3, -0.25) is 4.79 Å². The first kappa shape index (κ1) is 18.5. The average molecular weight is 418 g/mol. The number of para-hydroxylation sites is 1. The minimum Gasteiger partial charge on any atom is -0.325 e. The summed E-state index contributed by atoms with van der Waals surface area (Å²) in [6.45, 7) is 8.86. The topological polar surface area (TPSA) is 29.1 Å². The van der Waals surface area contributed by atoms with Gasteiger partial charge >= 0.3 is 0 Å². The zero-order chi connectivity index (χ0) is 18.7. The molecule has 1 N–H and O–H groups in total. The van der Waals surface area contributed by atoms with Gasteiger partial charge in [0.15, 0.2) is 0 Å². The molecule has 0 aromatic heterocycles. The van der Waals surface area contributed by atoms with Gasteiger partial charge < -0.3 is 5.32 Å². The summed E-state index contributed by atoms with van der Waals surface area (Å²) < 4.78 is 0.215. The molecule has 4 aliphatic carbocycles. The van der Waals surface area contributed by atoms with Crippen molar-refractivity contribution in [3.63, 3.8) is 0 Å². The number of carbonyl (C=O) groups is 1. The highest BCUT2D eigenvalue weighted by Crippen LogP contribution is 2.64. The van der Waals surface area contributed by atoms with Gasteiger partial charge in [0.25, 0.3) is 0 Å². The van der Waals surface area contributed by atoms with Crippen molar-refractivity contribution in [2.45, 2.75) is 82.4 Å². The molecule has 4 aliphatic rings. The van der Waals surface area contributed by atoms with Crippen LogP contribution in [0.15, 0.2) is 18.2 Å². The zero-order valence-electron chi connectivity index (χ0n) is 16.6. The number of anilines is 1. The molecule has 0 spiro atoms. The molecule has 26 heavy (non-hydrogen) atoms. The number of halogens is 1. The van der Waals surface area contributed by atoms with Crippen LogP contribution in [0.2, 0.25) is 0 Å². The lowest BCUT2D eigenvalue weighted by atomic mass is 9.49. The standard InChI is InChI=1S/C23H32BrNO/c1-14(2)18-6-5-7-19(15(3)4)20(18)25-21(26)22-9-16-8-17(10-22)12-23(24,11-16)13-22/h5-7,14-17H,8-13H2,1-4H3,(H,25,26)/t16-,17+,22?,23?. The number of alkyl halides is 1. The fourth-order valence-electron chi connectivity index (χ4n) is 6.36. The maximum Gasteiger partial charge on any atom is 0.230 e. The second kappa shape index (κ2) is 6.36. The summed E-state index contributed by atoms with van der Waals surface area (Å²) in [5.41, 5.74) is 3.46. The SMILES string of the molecule is CC(C)c1cccc(C(C)C)c1NC(=O)C12C[C@@H]3C[C@@H](CC(Br)(C3)C1)C2. The van der Waals surface area contributed by atoms with E-state index in [2.05, 4.69) is 67.1 Å². The van der Waals surface area contributed by atoms with Gasteiger partial charge in [0.2, 0.25) is 5.91 Å². The summed E-state index contributed by atoms with van der Waals surface area (Å²) in [6.07, 6.45) is 7.05. The van der Waals surface area contributed by atoms with Gasteiger partial charge in [0, 0.05) is 10.0 Å². The summed E-state index contributed by atoms with van der Waals surface area (Å²) in [6, 6.07) is 6.49. The molecule has 0 radical (unpaired) electrons. The quantitative estimate of drug-likeness (QED) is 0.548. The van der Waals surface area contributed by atoms with Gasteiger partial charge in [-0.1, -0.05) is 61.8 Å². The Balaban J connectivity index is 1.67. The molecule has 4 atom stereocenters. The molecular formula is C23H32BrNO. The van der Waals surface area contributed by atoms with E-state index in [0.717, 1.165) is 36.8 Å². The third-order valence-corrected chi connectivity index (χ3v) is 8.01. The Morgan fingerprint density at radius 2 is 1.58 bits per heavy atom. The highest BCUT2D eigenvalue weighted by molar-refractivity contribution is 9.10. The van der Waals surface area contributed by atoms with Gasteiger partial charge in [-0.2, -0.15) is 0 Å². The first-order valence-corrected chi connectivity index (χ1v) is 11.1. The molecule has 3 heteroatoms. The van der Waals surface area contributed by atoms with Gasteiger partial charge in [0.05, 0.1) is 5.41 Å². The van der Waals surface area contributed by atoms with E-state index in [9.17, 15) is 4.79 Å². The summed E-state index contributed by atoms with van der Waals surface area (Å²) in [7, 11) is 0. The lowest BCUT2D eigenvalue weighted by Crippen LogP contribution is -2.57. The van der Waals surface area contributed by atoms with Crippen LogP contribution in [0.4, 0.5) is 5.69 Å². The monoisotopic (exact) mass is 417 g/mol. The number of amides is 1. The molecular weight excluding hydrogens is 386 g/mol. The van der Waals surface area contributed by atoms with E-state index in [-0.39, 0.29) is 15.6 Å². The van der Waals surface area contributed by atoms with Crippen LogP contribution in [0.3, 0.4) is 0 Å². The minimum absolute atomic E-state index is 0.161. The molecule has 0 heterocycles. The number of benzene rings is 1. The molecule has 4 bridgehead atoms. The number of rotatable bonds is 4. The Hall–Kier alpha value is -0.830. The molecule has 2 nitrogen and oxygen atoms in total. The van der Waals surface area contributed by atoms with Crippen LogP contribution in [-0.2, 0) is 4.79 Å². The van der Waals surface area contributed by atoms with E-state index in [1.54, 1.807) is 0 Å². The van der Waals surface area contributed by atoms with Crippen LogP contribution in [0.5, 0.6) is 0 Å². The average Bonchev–Trinajstić information content (AvgIpc) is 2.52. The molecule has 4 saturated carbocycles. The van der Waals surface area contributed by atoms with Crippen molar-refractivity contribution in [3.05, 3.63) is 29.3 Å². The van der Waals surface area contributed by atoms with E-state index in [4.69, 9.17) is 0 Å². The van der Waals surface area contributed by atoms with Crippen LogP contribution in [0, 0.1) is 17.3 Å². The third kappa shape index (κ3) is 3.04. The van der Waals surface area contributed by atoms with E-state index >= 15 is 0 Å². The predicted octanol–water partition coefficient (Wildman–Crippen LogP) is 6.61. The second-order valence-electron chi connectivity index (χ2n) is 9.97. The Morgan fingerprint density at radius 3 is 2.04 bits per heavy atom. The molecule has 1 aromatic carbocycles. The van der Waals surface area contributed by atoms with Gasteiger partial charge in [-0.15, -0.1) is 0 Å². The number of hydrogen-bond donors (Lipinski definition) is 1. The van der Waals surface area contributed by atoms with Crippen LogP contribution >= 0.6 is 15.9 Å².